The van der Waals surface area contributed by atoms with Crippen molar-refractivity contribution in [3.05, 3.63) is 0 Å². The van der Waals surface area contributed by atoms with Gasteiger partial charge in [0.25, 0.3) is 0 Å². The van der Waals surface area contributed by atoms with Crippen LogP contribution >= 0.6 is 0 Å². The van der Waals surface area contributed by atoms with Crippen LogP contribution in [0.5, 0.6) is 0 Å². The summed E-state index contributed by atoms with van der Waals surface area (Å²) in [6, 6.07) is 0. The third-order valence-electron chi connectivity index (χ3n) is 2.31. The van der Waals surface area contributed by atoms with Gasteiger partial charge in [-0.1, -0.05) is 0 Å². The van der Waals surface area contributed by atoms with E-state index in [2.05, 4.69) is 25.8 Å². The van der Waals surface area contributed by atoms with Gasteiger partial charge in [-0.05, 0) is 27.8 Å². The van der Waals surface area contributed by atoms with Crippen LogP contribution in [-0.2, 0) is 4.74 Å². The lowest BCUT2D eigenvalue weighted by molar-refractivity contribution is 0.0838. The molecular weight excluding hydrogens is 152 g/mol. The van der Waals surface area contributed by atoms with E-state index in [9.17, 15) is 0 Å². The van der Waals surface area contributed by atoms with Crippen LogP contribution < -0.4 is 5.73 Å². The molecule has 0 aromatic carbocycles. The van der Waals surface area contributed by atoms with Gasteiger partial charge >= 0.3 is 0 Å². The number of nitrogens with two attached hydrogens (primary N) is 1. The van der Waals surface area contributed by atoms with Crippen LogP contribution in [0.15, 0.2) is 0 Å². The minimum atomic E-state index is 0.0805. The highest BCUT2D eigenvalue weighted by molar-refractivity contribution is 4.79. The van der Waals surface area contributed by atoms with Crippen molar-refractivity contribution < 1.29 is 4.74 Å². The van der Waals surface area contributed by atoms with Crippen LogP contribution in [0.4, 0.5) is 0 Å². The van der Waals surface area contributed by atoms with E-state index in [1.807, 2.05) is 6.92 Å². The monoisotopic (exact) mass is 174 g/mol. The Morgan fingerprint density at radius 2 is 2.00 bits per heavy atom. The van der Waals surface area contributed by atoms with E-state index in [0.29, 0.717) is 6.54 Å². The lowest BCUT2D eigenvalue weighted by atomic mass is 10.0. The lowest BCUT2D eigenvalue weighted by Crippen LogP contribution is -2.48. The highest BCUT2D eigenvalue weighted by Crippen LogP contribution is 2.08. The van der Waals surface area contributed by atoms with E-state index in [4.69, 9.17) is 10.5 Å². The van der Waals surface area contributed by atoms with Gasteiger partial charge in [-0.2, -0.15) is 0 Å². The molecule has 0 saturated carbocycles. The zero-order valence-corrected chi connectivity index (χ0v) is 8.76. The fraction of sp³-hybridized carbons (Fsp3) is 1.00. The quantitative estimate of drug-likeness (QED) is 0.602. The Morgan fingerprint density at radius 1 is 1.42 bits per heavy atom. The summed E-state index contributed by atoms with van der Waals surface area (Å²) in [5, 5.41) is 0. The van der Waals surface area contributed by atoms with E-state index in [1.54, 1.807) is 0 Å². The average molecular weight is 174 g/mol. The molecule has 0 rings (SSSR count). The van der Waals surface area contributed by atoms with E-state index < -0.39 is 0 Å². The number of hydrogen-bond donors (Lipinski definition) is 1. The van der Waals surface area contributed by atoms with Crippen molar-refractivity contribution >= 4 is 0 Å². The van der Waals surface area contributed by atoms with E-state index in [0.717, 1.165) is 19.8 Å². The summed E-state index contributed by atoms with van der Waals surface area (Å²) in [5.74, 6) is 0. The molecule has 3 heteroatoms. The second-order valence-corrected chi connectivity index (χ2v) is 3.64. The zero-order valence-electron chi connectivity index (χ0n) is 8.76. The highest BCUT2D eigenvalue weighted by atomic mass is 16.5. The van der Waals surface area contributed by atoms with Crippen LogP contribution in [0.25, 0.3) is 0 Å². The van der Waals surface area contributed by atoms with Crippen LogP contribution in [0.1, 0.15) is 20.8 Å². The molecule has 0 aromatic heterocycles. The summed E-state index contributed by atoms with van der Waals surface area (Å²) < 4.78 is 5.26. The van der Waals surface area contributed by atoms with Crippen molar-refractivity contribution in [2.75, 3.05) is 33.4 Å². The Bertz CT molecular complexity index is 115. The number of rotatable bonds is 6. The molecule has 0 radical (unpaired) electrons. The molecule has 0 unspecified atom stereocenters. The first kappa shape index (κ1) is 11.9. The molecule has 0 fully saturated rings. The summed E-state index contributed by atoms with van der Waals surface area (Å²) in [7, 11) is 2.08. The van der Waals surface area contributed by atoms with E-state index >= 15 is 0 Å². The first-order chi connectivity index (χ1) is 5.54. The highest BCUT2D eigenvalue weighted by Gasteiger charge is 2.20. The van der Waals surface area contributed by atoms with Crippen LogP contribution in [0.3, 0.4) is 0 Å². The molecule has 74 valence electrons. The van der Waals surface area contributed by atoms with Crippen LogP contribution in [0.2, 0.25) is 0 Å². The Morgan fingerprint density at radius 3 is 2.42 bits per heavy atom. The summed E-state index contributed by atoms with van der Waals surface area (Å²) in [6.07, 6.45) is 0. The minimum absolute atomic E-state index is 0.0805. The van der Waals surface area contributed by atoms with Crippen molar-refractivity contribution in [3.8, 4) is 0 Å². The Labute approximate surface area is 75.9 Å². The molecule has 0 aliphatic rings. The summed E-state index contributed by atoms with van der Waals surface area (Å²) >= 11 is 0. The Hall–Kier alpha value is -0.120. The van der Waals surface area contributed by atoms with Crippen LogP contribution in [0, 0.1) is 0 Å². The van der Waals surface area contributed by atoms with Crippen molar-refractivity contribution in [2.45, 2.75) is 26.3 Å². The molecule has 12 heavy (non-hydrogen) atoms. The lowest BCUT2D eigenvalue weighted by Gasteiger charge is -2.34. The molecular formula is C9H22N2O. The molecule has 0 aliphatic heterocycles. The summed E-state index contributed by atoms with van der Waals surface area (Å²) in [5.41, 5.74) is 5.71. The van der Waals surface area contributed by atoms with Gasteiger partial charge in [-0.15, -0.1) is 0 Å². The average Bonchev–Trinajstić information content (AvgIpc) is 2.05. The second kappa shape index (κ2) is 5.51. The smallest absolute Gasteiger partial charge is 0.0593 e. The number of nitrogens with zero attached hydrogens (tertiary/aromatic N) is 1. The Balaban J connectivity index is 3.63. The molecule has 0 atom stereocenters. The third-order valence-corrected chi connectivity index (χ3v) is 2.31. The maximum atomic E-state index is 5.63. The minimum Gasteiger partial charge on any atom is -0.380 e. The Kier molecular flexibility index (Phi) is 5.46. The van der Waals surface area contributed by atoms with Gasteiger partial charge in [0.15, 0.2) is 0 Å². The normalized spacial score (nSPS) is 12.5. The molecule has 0 bridgehead atoms. The van der Waals surface area contributed by atoms with Crippen molar-refractivity contribution in [3.63, 3.8) is 0 Å². The van der Waals surface area contributed by atoms with Gasteiger partial charge in [0.2, 0.25) is 0 Å². The predicted octanol–water partition coefficient (Wildman–Crippen LogP) is 0.692. The maximum absolute atomic E-state index is 5.63. The second-order valence-electron chi connectivity index (χ2n) is 3.64. The maximum Gasteiger partial charge on any atom is 0.0593 e. The van der Waals surface area contributed by atoms with Gasteiger partial charge in [0.1, 0.15) is 0 Å². The van der Waals surface area contributed by atoms with Crippen molar-refractivity contribution in [1.82, 2.24) is 4.90 Å². The fourth-order valence-corrected chi connectivity index (χ4v) is 0.804. The standard InChI is InChI=1S/C9H22N2O/c1-5-12-7-6-11(4)9(2,3)8-10/h5-8,10H2,1-4H3. The van der Waals surface area contributed by atoms with Gasteiger partial charge in [0, 0.05) is 25.2 Å². The van der Waals surface area contributed by atoms with E-state index in [-0.39, 0.29) is 5.54 Å². The molecule has 0 aromatic rings. The molecule has 0 saturated heterocycles. The molecule has 0 heterocycles. The first-order valence-corrected chi connectivity index (χ1v) is 4.53. The van der Waals surface area contributed by atoms with Gasteiger partial charge in [-0.25, -0.2) is 0 Å². The topological polar surface area (TPSA) is 38.5 Å². The molecule has 0 aliphatic carbocycles. The van der Waals surface area contributed by atoms with Crippen molar-refractivity contribution in [2.24, 2.45) is 5.73 Å². The predicted molar refractivity (Wildman–Crippen MR) is 52.3 cm³/mol. The van der Waals surface area contributed by atoms with Gasteiger partial charge < -0.3 is 10.5 Å². The first-order valence-electron chi connectivity index (χ1n) is 4.53. The number of ether oxygens (including phenoxy) is 1. The number of likely N-dealkylation sites (N-methyl/N-ethyl adjacent to an activating group) is 1. The van der Waals surface area contributed by atoms with Crippen molar-refractivity contribution in [1.29, 1.82) is 0 Å². The largest absolute Gasteiger partial charge is 0.380 e. The molecule has 0 amide bonds. The summed E-state index contributed by atoms with van der Waals surface area (Å²) in [6.45, 7) is 9.48. The third kappa shape index (κ3) is 4.04. The zero-order chi connectivity index (χ0) is 9.61. The molecule has 2 N–H and O–H groups in total. The molecule has 3 nitrogen and oxygen atoms in total. The van der Waals surface area contributed by atoms with Gasteiger partial charge in [0.05, 0.1) is 6.61 Å². The number of hydrogen-bond acceptors (Lipinski definition) is 3. The molecule has 0 spiro atoms. The van der Waals surface area contributed by atoms with Crippen LogP contribution in [-0.4, -0.2) is 43.8 Å². The fourth-order valence-electron chi connectivity index (χ4n) is 0.804. The summed E-state index contributed by atoms with van der Waals surface area (Å²) in [4.78, 5) is 2.22. The SMILES string of the molecule is CCOCCN(C)C(C)(C)CN. The van der Waals surface area contributed by atoms with Gasteiger partial charge in [-0.3, -0.25) is 4.90 Å². The van der Waals surface area contributed by atoms with E-state index in [1.165, 1.54) is 0 Å².